The summed E-state index contributed by atoms with van der Waals surface area (Å²) in [6.07, 6.45) is -1.63. The Hall–Kier alpha value is -3.65. The van der Waals surface area contributed by atoms with Crippen molar-refractivity contribution in [3.05, 3.63) is 35.9 Å². The van der Waals surface area contributed by atoms with E-state index >= 15 is 0 Å². The van der Waals surface area contributed by atoms with E-state index in [1.54, 1.807) is 30.3 Å². The molecule has 0 saturated carbocycles. The van der Waals surface area contributed by atoms with Gasteiger partial charge < -0.3 is 37.0 Å². The van der Waals surface area contributed by atoms with Gasteiger partial charge in [-0.2, -0.15) is 12.6 Å². The summed E-state index contributed by atoms with van der Waals surface area (Å²) in [5, 5.41) is 33.9. The van der Waals surface area contributed by atoms with E-state index in [4.69, 9.17) is 21.1 Å². The molecular weight excluding hydrogens is 496 g/mol. The zero-order chi connectivity index (χ0) is 27.3. The highest BCUT2D eigenvalue weighted by molar-refractivity contribution is 7.80. The Balaban J connectivity index is 2.99. The van der Waals surface area contributed by atoms with Crippen molar-refractivity contribution in [2.45, 2.75) is 56.3 Å². The van der Waals surface area contributed by atoms with Crippen LogP contribution in [0.25, 0.3) is 0 Å². The Labute approximate surface area is 212 Å². The van der Waals surface area contributed by atoms with Crippen LogP contribution in [0.1, 0.15) is 31.2 Å². The smallest absolute Gasteiger partial charge is 0.327 e. The Kier molecular flexibility index (Phi) is 13.0. The average molecular weight is 527 g/mol. The van der Waals surface area contributed by atoms with E-state index in [1.807, 2.05) is 0 Å². The number of rotatable bonds is 16. The quantitative estimate of drug-likeness (QED) is 0.119. The predicted octanol–water partition coefficient (Wildman–Crippen LogP) is -1.25. The van der Waals surface area contributed by atoms with Crippen molar-refractivity contribution in [1.82, 2.24) is 16.0 Å². The third-order valence-electron chi connectivity index (χ3n) is 4.99. The number of benzene rings is 1. The van der Waals surface area contributed by atoms with Gasteiger partial charge in [-0.1, -0.05) is 30.3 Å². The first-order valence-corrected chi connectivity index (χ1v) is 11.6. The summed E-state index contributed by atoms with van der Waals surface area (Å²) >= 11 is 3.83. The monoisotopic (exact) mass is 526 g/mol. The van der Waals surface area contributed by atoms with Crippen molar-refractivity contribution in [3.63, 3.8) is 0 Å². The van der Waals surface area contributed by atoms with Crippen LogP contribution in [-0.4, -0.2) is 80.9 Å². The zero-order valence-corrected chi connectivity index (χ0v) is 20.1. The van der Waals surface area contributed by atoms with Gasteiger partial charge in [-0.15, -0.1) is 0 Å². The summed E-state index contributed by atoms with van der Waals surface area (Å²) in [5.74, 6) is -6.84. The van der Waals surface area contributed by atoms with E-state index < -0.39 is 72.6 Å². The molecule has 0 aliphatic carbocycles. The maximum Gasteiger partial charge on any atom is 0.327 e. The summed E-state index contributed by atoms with van der Waals surface area (Å²) in [4.78, 5) is 71.3. The third-order valence-corrected chi connectivity index (χ3v) is 5.36. The summed E-state index contributed by atoms with van der Waals surface area (Å²) in [6, 6.07) is 3.46. The molecule has 0 bridgehead atoms. The van der Waals surface area contributed by atoms with E-state index in [0.29, 0.717) is 0 Å². The number of carbonyl (C=O) groups is 6. The van der Waals surface area contributed by atoms with Gasteiger partial charge in [0.25, 0.3) is 0 Å². The van der Waals surface area contributed by atoms with Crippen LogP contribution in [-0.2, 0) is 35.2 Å². The molecule has 4 atom stereocenters. The largest absolute Gasteiger partial charge is 0.481 e. The van der Waals surface area contributed by atoms with E-state index in [9.17, 15) is 28.8 Å². The first kappa shape index (κ1) is 30.4. The van der Waals surface area contributed by atoms with E-state index in [0.717, 1.165) is 5.56 Å². The van der Waals surface area contributed by atoms with Crippen molar-refractivity contribution in [3.8, 4) is 0 Å². The van der Waals surface area contributed by atoms with Gasteiger partial charge in [0, 0.05) is 18.6 Å². The number of carboxylic acids is 3. The first-order chi connectivity index (χ1) is 16.9. The molecule has 198 valence electrons. The molecule has 0 aromatic heterocycles. The molecule has 4 unspecified atom stereocenters. The van der Waals surface area contributed by atoms with Gasteiger partial charge in [0.05, 0.1) is 6.04 Å². The van der Waals surface area contributed by atoms with Crippen molar-refractivity contribution >= 4 is 48.3 Å². The minimum atomic E-state index is -1.47. The summed E-state index contributed by atoms with van der Waals surface area (Å²) < 4.78 is 0. The van der Waals surface area contributed by atoms with Crippen LogP contribution in [0.5, 0.6) is 0 Å². The fraction of sp³-hybridized carbons (Fsp3) is 0.455. The van der Waals surface area contributed by atoms with Crippen LogP contribution >= 0.6 is 12.6 Å². The normalized spacial score (nSPS) is 13.9. The lowest BCUT2D eigenvalue weighted by Gasteiger charge is -2.24. The fourth-order valence-electron chi connectivity index (χ4n) is 3.04. The number of nitrogens with one attached hydrogen (secondary N) is 3. The number of hydrogen-bond acceptors (Lipinski definition) is 8. The molecule has 0 aliphatic rings. The van der Waals surface area contributed by atoms with Crippen LogP contribution in [0.4, 0.5) is 0 Å². The Morgan fingerprint density at radius 3 is 1.61 bits per heavy atom. The molecule has 1 aromatic carbocycles. The van der Waals surface area contributed by atoms with E-state index in [2.05, 4.69) is 28.6 Å². The standard InChI is InChI=1S/C22H30N4O9S/c23-13(10-12-4-2-1-3-5-12)19(31)24-14(6-8-17(27)28)20(32)25-15(7-9-18(29)30)21(33)26-16(11-36)22(34)35/h1-5,13-16,36H,6-11,23H2,(H,24,31)(H,25,32)(H,26,33)(H,27,28)(H,29,30)(H,34,35). The van der Waals surface area contributed by atoms with E-state index in [-0.39, 0.29) is 25.0 Å². The molecule has 3 amide bonds. The van der Waals surface area contributed by atoms with Crippen LogP contribution in [0.2, 0.25) is 0 Å². The molecule has 14 heteroatoms. The van der Waals surface area contributed by atoms with Crippen LogP contribution in [0.15, 0.2) is 30.3 Å². The number of aliphatic carboxylic acids is 3. The molecule has 1 aromatic rings. The molecule has 0 aliphatic heterocycles. The number of thiol groups is 1. The maximum absolute atomic E-state index is 12.9. The van der Waals surface area contributed by atoms with Crippen molar-refractivity contribution in [2.24, 2.45) is 5.73 Å². The topological polar surface area (TPSA) is 225 Å². The summed E-state index contributed by atoms with van der Waals surface area (Å²) in [7, 11) is 0. The van der Waals surface area contributed by atoms with Crippen molar-refractivity contribution in [2.75, 3.05) is 5.75 Å². The molecule has 13 nitrogen and oxygen atoms in total. The third kappa shape index (κ3) is 11.2. The minimum Gasteiger partial charge on any atom is -0.481 e. The SMILES string of the molecule is NC(Cc1ccccc1)C(=O)NC(CCC(=O)O)C(=O)NC(CCC(=O)O)C(=O)NC(CS)C(=O)O. The van der Waals surface area contributed by atoms with Gasteiger partial charge in [-0.05, 0) is 24.8 Å². The highest BCUT2D eigenvalue weighted by Gasteiger charge is 2.30. The lowest BCUT2D eigenvalue weighted by atomic mass is 10.0. The molecule has 0 fully saturated rings. The molecule has 0 heterocycles. The minimum absolute atomic E-state index is 0.143. The second-order valence-electron chi connectivity index (χ2n) is 7.87. The molecule has 0 saturated heterocycles. The fourth-order valence-corrected chi connectivity index (χ4v) is 3.29. The van der Waals surface area contributed by atoms with Gasteiger partial charge in [0.2, 0.25) is 17.7 Å². The molecule has 8 N–H and O–H groups in total. The van der Waals surface area contributed by atoms with E-state index in [1.165, 1.54) is 0 Å². The Morgan fingerprint density at radius 2 is 1.19 bits per heavy atom. The maximum atomic E-state index is 12.9. The number of hydrogen-bond donors (Lipinski definition) is 8. The lowest BCUT2D eigenvalue weighted by molar-refractivity contribution is -0.142. The number of carbonyl (C=O) groups excluding carboxylic acids is 3. The average Bonchev–Trinajstić information content (AvgIpc) is 2.82. The predicted molar refractivity (Wildman–Crippen MR) is 129 cm³/mol. The zero-order valence-electron chi connectivity index (χ0n) is 19.3. The summed E-state index contributed by atoms with van der Waals surface area (Å²) in [5.41, 5.74) is 6.69. The van der Waals surface area contributed by atoms with Crippen LogP contribution < -0.4 is 21.7 Å². The highest BCUT2D eigenvalue weighted by atomic mass is 32.1. The molecule has 0 radical (unpaired) electrons. The molecule has 1 rings (SSSR count). The molecule has 36 heavy (non-hydrogen) atoms. The van der Waals surface area contributed by atoms with Gasteiger partial charge >= 0.3 is 17.9 Å². The van der Waals surface area contributed by atoms with Gasteiger partial charge in [0.15, 0.2) is 0 Å². The van der Waals surface area contributed by atoms with Gasteiger partial charge in [-0.25, -0.2) is 4.79 Å². The van der Waals surface area contributed by atoms with Gasteiger partial charge in [-0.3, -0.25) is 24.0 Å². The Morgan fingerprint density at radius 1 is 0.750 bits per heavy atom. The summed E-state index contributed by atoms with van der Waals surface area (Å²) in [6.45, 7) is 0. The highest BCUT2D eigenvalue weighted by Crippen LogP contribution is 2.06. The Bertz CT molecular complexity index is 945. The van der Waals surface area contributed by atoms with Gasteiger partial charge in [0.1, 0.15) is 18.1 Å². The molecular formula is C22H30N4O9S. The van der Waals surface area contributed by atoms with Crippen LogP contribution in [0.3, 0.4) is 0 Å². The molecule has 0 spiro atoms. The number of amides is 3. The van der Waals surface area contributed by atoms with Crippen molar-refractivity contribution < 1.29 is 44.1 Å². The second-order valence-corrected chi connectivity index (χ2v) is 8.23. The van der Waals surface area contributed by atoms with Crippen molar-refractivity contribution in [1.29, 1.82) is 0 Å². The van der Waals surface area contributed by atoms with Crippen LogP contribution in [0, 0.1) is 0 Å². The number of nitrogens with two attached hydrogens (primary N) is 1. The first-order valence-electron chi connectivity index (χ1n) is 10.9. The number of carboxylic acid groups (broad SMARTS) is 3. The lowest BCUT2D eigenvalue weighted by Crippen LogP contribution is -2.57. The second kappa shape index (κ2) is 15.4.